The van der Waals surface area contributed by atoms with Crippen molar-refractivity contribution in [2.24, 2.45) is 5.92 Å². The maximum absolute atomic E-state index is 12.9. The summed E-state index contributed by atoms with van der Waals surface area (Å²) < 4.78 is 5.77. The highest BCUT2D eigenvalue weighted by Gasteiger charge is 2.31. The molecule has 1 unspecified atom stereocenters. The molecule has 1 aromatic carbocycles. The van der Waals surface area contributed by atoms with Crippen molar-refractivity contribution in [2.45, 2.75) is 39.2 Å². The molecule has 1 aliphatic heterocycles. The quantitative estimate of drug-likeness (QED) is 0.730. The number of carbonyl (C=O) groups excluding carboxylic acids is 1. The van der Waals surface area contributed by atoms with E-state index in [2.05, 4.69) is 35.8 Å². The van der Waals surface area contributed by atoms with Crippen LogP contribution in [-0.4, -0.2) is 35.3 Å². The van der Waals surface area contributed by atoms with Crippen LogP contribution in [-0.2, 0) is 11.2 Å². The van der Waals surface area contributed by atoms with Gasteiger partial charge in [0.05, 0.1) is 5.92 Å². The van der Waals surface area contributed by atoms with Gasteiger partial charge in [-0.1, -0.05) is 48.0 Å². The topological polar surface area (TPSA) is 29.5 Å². The number of amides is 1. The Morgan fingerprint density at radius 2 is 2.10 bits per heavy atom. The van der Waals surface area contributed by atoms with E-state index >= 15 is 0 Å². The monoisotopic (exact) mass is 353 g/mol. The molecule has 0 fully saturated rings. The van der Waals surface area contributed by atoms with E-state index in [1.165, 1.54) is 0 Å². The molecular formula is C17H24BrNO2. The maximum atomic E-state index is 12.9. The van der Waals surface area contributed by atoms with Crippen molar-refractivity contribution in [1.29, 1.82) is 0 Å². The first-order valence-corrected chi connectivity index (χ1v) is 8.90. The van der Waals surface area contributed by atoms with Crippen LogP contribution >= 0.6 is 15.9 Å². The average Bonchev–Trinajstić information content (AvgIpc) is 2.54. The lowest BCUT2D eigenvalue weighted by atomic mass is 9.94. The van der Waals surface area contributed by atoms with Crippen LogP contribution in [0.3, 0.4) is 0 Å². The number of halogens is 1. The van der Waals surface area contributed by atoms with Gasteiger partial charge in [-0.25, -0.2) is 0 Å². The van der Waals surface area contributed by atoms with Crippen LogP contribution in [0.25, 0.3) is 0 Å². The maximum Gasteiger partial charge on any atom is 0.229 e. The lowest BCUT2D eigenvalue weighted by Gasteiger charge is -2.34. The summed E-state index contributed by atoms with van der Waals surface area (Å²) in [5, 5.41) is 0.819. The van der Waals surface area contributed by atoms with Gasteiger partial charge in [0, 0.05) is 17.9 Å². The molecule has 0 aromatic heterocycles. The number of hydrogen-bond donors (Lipinski definition) is 0. The second-order valence-electron chi connectivity index (χ2n) is 5.51. The summed E-state index contributed by atoms with van der Waals surface area (Å²) in [5.74, 6) is 1.10. The fourth-order valence-electron chi connectivity index (χ4n) is 3.01. The largest absolute Gasteiger partial charge is 0.492 e. The van der Waals surface area contributed by atoms with Gasteiger partial charge in [-0.05, 0) is 30.9 Å². The van der Waals surface area contributed by atoms with Crippen LogP contribution in [0.4, 0.5) is 0 Å². The molecule has 0 aliphatic carbocycles. The van der Waals surface area contributed by atoms with Crippen LogP contribution in [0.5, 0.6) is 5.75 Å². The van der Waals surface area contributed by atoms with Crippen molar-refractivity contribution in [3.8, 4) is 5.75 Å². The average molecular weight is 354 g/mol. The third kappa shape index (κ3) is 3.79. The number of alkyl halides is 1. The minimum Gasteiger partial charge on any atom is -0.492 e. The Hall–Kier alpha value is -1.03. The molecule has 1 atom stereocenters. The number of rotatable bonds is 6. The van der Waals surface area contributed by atoms with Gasteiger partial charge in [-0.15, -0.1) is 0 Å². The molecule has 21 heavy (non-hydrogen) atoms. The molecule has 2 rings (SSSR count). The molecule has 1 aromatic rings. The van der Waals surface area contributed by atoms with Crippen molar-refractivity contribution < 1.29 is 9.53 Å². The first-order valence-electron chi connectivity index (χ1n) is 7.78. The molecule has 1 heterocycles. The van der Waals surface area contributed by atoms with Gasteiger partial charge >= 0.3 is 0 Å². The number of hydrogen-bond acceptors (Lipinski definition) is 2. The van der Waals surface area contributed by atoms with Crippen molar-refractivity contribution in [2.75, 3.05) is 18.5 Å². The normalized spacial score (nSPS) is 17.2. The highest BCUT2D eigenvalue weighted by molar-refractivity contribution is 9.09. The van der Waals surface area contributed by atoms with Crippen LogP contribution in [0.15, 0.2) is 24.3 Å². The summed E-state index contributed by atoms with van der Waals surface area (Å²) in [6.45, 7) is 5.56. The fourth-order valence-corrected chi connectivity index (χ4v) is 3.40. The molecule has 0 N–H and O–H groups in total. The van der Waals surface area contributed by atoms with Gasteiger partial charge in [0.15, 0.2) is 0 Å². The zero-order valence-corrected chi connectivity index (χ0v) is 14.4. The molecule has 0 saturated carbocycles. The molecule has 0 saturated heterocycles. The molecular weight excluding hydrogens is 330 g/mol. The number of fused-ring (bicyclic) bond motifs is 1. The third-order valence-electron chi connectivity index (χ3n) is 4.22. The smallest absolute Gasteiger partial charge is 0.229 e. The van der Waals surface area contributed by atoms with E-state index in [4.69, 9.17) is 4.74 Å². The van der Waals surface area contributed by atoms with Gasteiger partial charge < -0.3 is 9.64 Å². The molecule has 1 amide bonds. The molecule has 3 nitrogen and oxygen atoms in total. The van der Waals surface area contributed by atoms with Crippen LogP contribution < -0.4 is 4.74 Å². The first-order chi connectivity index (χ1) is 10.2. The van der Waals surface area contributed by atoms with E-state index in [0.717, 1.165) is 42.5 Å². The number of carbonyl (C=O) groups is 1. The van der Waals surface area contributed by atoms with E-state index in [9.17, 15) is 4.79 Å². The Balaban J connectivity index is 2.11. The van der Waals surface area contributed by atoms with Crippen molar-refractivity contribution in [1.82, 2.24) is 4.90 Å². The van der Waals surface area contributed by atoms with Crippen LogP contribution in [0, 0.1) is 5.92 Å². The fraction of sp³-hybridized carbons (Fsp3) is 0.588. The number of nitrogens with zero attached hydrogens (tertiary/aromatic N) is 1. The highest BCUT2D eigenvalue weighted by Crippen LogP contribution is 2.28. The van der Waals surface area contributed by atoms with Gasteiger partial charge in [0.25, 0.3) is 0 Å². The summed E-state index contributed by atoms with van der Waals surface area (Å²) in [7, 11) is 0. The van der Waals surface area contributed by atoms with Gasteiger partial charge in [-0.3, -0.25) is 4.79 Å². The Morgan fingerprint density at radius 3 is 2.76 bits per heavy atom. The van der Waals surface area contributed by atoms with E-state index in [-0.39, 0.29) is 11.8 Å². The second-order valence-corrected chi connectivity index (χ2v) is 6.30. The Kier molecular flexibility index (Phi) is 6.09. The minimum absolute atomic E-state index is 0.0560. The van der Waals surface area contributed by atoms with Gasteiger partial charge in [0.1, 0.15) is 12.4 Å². The highest BCUT2D eigenvalue weighted by atomic mass is 79.9. The Bertz CT molecular complexity index is 474. The molecule has 116 valence electrons. The second kappa shape index (κ2) is 7.83. The third-order valence-corrected chi connectivity index (χ3v) is 4.57. The van der Waals surface area contributed by atoms with E-state index in [0.29, 0.717) is 12.6 Å². The summed E-state index contributed by atoms with van der Waals surface area (Å²) in [6.07, 6.45) is 2.78. The van der Waals surface area contributed by atoms with E-state index in [1.54, 1.807) is 0 Å². The first kappa shape index (κ1) is 16.3. The van der Waals surface area contributed by atoms with Crippen LogP contribution in [0.1, 0.15) is 32.3 Å². The summed E-state index contributed by atoms with van der Waals surface area (Å²) >= 11 is 3.47. The summed E-state index contributed by atoms with van der Waals surface area (Å²) in [4.78, 5) is 14.9. The predicted molar refractivity (Wildman–Crippen MR) is 89.0 cm³/mol. The molecule has 1 aliphatic rings. The Morgan fingerprint density at radius 1 is 1.38 bits per heavy atom. The van der Waals surface area contributed by atoms with Crippen LogP contribution in [0.2, 0.25) is 0 Å². The van der Waals surface area contributed by atoms with Crippen molar-refractivity contribution in [3.63, 3.8) is 0 Å². The standard InChI is InChI=1S/C17H24BrNO2/c1-3-15(4-2)19(10-9-18)17(20)14-11-13-7-5-6-8-16(13)21-12-14/h5-8,14-15H,3-4,9-12H2,1-2H3. The SMILES string of the molecule is CCC(CC)N(CCBr)C(=O)C1COc2ccccc2C1. The molecule has 0 bridgehead atoms. The number of benzene rings is 1. The predicted octanol–water partition coefficient (Wildman–Crippen LogP) is 3.65. The zero-order valence-electron chi connectivity index (χ0n) is 12.8. The minimum atomic E-state index is -0.0560. The van der Waals surface area contributed by atoms with Crippen molar-refractivity contribution >= 4 is 21.8 Å². The molecule has 4 heteroatoms. The number of ether oxygens (including phenoxy) is 1. The van der Waals surface area contributed by atoms with E-state index in [1.807, 2.05) is 23.1 Å². The van der Waals surface area contributed by atoms with E-state index < -0.39 is 0 Å². The number of para-hydroxylation sites is 1. The molecule has 0 spiro atoms. The van der Waals surface area contributed by atoms with Gasteiger partial charge in [-0.2, -0.15) is 0 Å². The molecule has 0 radical (unpaired) electrons. The summed E-state index contributed by atoms with van der Waals surface area (Å²) in [6, 6.07) is 8.34. The zero-order chi connectivity index (χ0) is 15.2. The summed E-state index contributed by atoms with van der Waals surface area (Å²) in [5.41, 5.74) is 1.14. The van der Waals surface area contributed by atoms with Gasteiger partial charge in [0.2, 0.25) is 5.91 Å². The Labute approximate surface area is 135 Å². The lowest BCUT2D eigenvalue weighted by Crippen LogP contribution is -2.46. The lowest BCUT2D eigenvalue weighted by molar-refractivity contribution is -0.139. The van der Waals surface area contributed by atoms with Crippen molar-refractivity contribution in [3.05, 3.63) is 29.8 Å².